The zero-order valence-corrected chi connectivity index (χ0v) is 10.8. The number of hydrogen-bond donors (Lipinski definition) is 1. The van der Waals surface area contributed by atoms with Crippen molar-refractivity contribution in [2.45, 2.75) is 32.5 Å². The van der Waals surface area contributed by atoms with E-state index >= 15 is 0 Å². The Hall–Kier alpha value is -1.29. The van der Waals surface area contributed by atoms with Gasteiger partial charge in [-0.05, 0) is 24.3 Å². The van der Waals surface area contributed by atoms with E-state index in [-0.39, 0.29) is 30.3 Å². The minimum absolute atomic E-state index is 0.0939. The van der Waals surface area contributed by atoms with E-state index < -0.39 is 5.79 Å². The maximum Gasteiger partial charge on any atom is 0.309 e. The van der Waals surface area contributed by atoms with Crippen LogP contribution in [0.3, 0.4) is 0 Å². The van der Waals surface area contributed by atoms with Crippen LogP contribution in [0.5, 0.6) is 0 Å². The number of allylic oxidation sites excluding steroid dienone is 2. The topological polar surface area (TPSA) is 55.8 Å². The van der Waals surface area contributed by atoms with Crippen molar-refractivity contribution in [1.29, 1.82) is 0 Å². The summed E-state index contributed by atoms with van der Waals surface area (Å²) in [6.07, 6.45) is 8.72. The van der Waals surface area contributed by atoms with Crippen molar-refractivity contribution in [3.05, 3.63) is 24.5 Å². The second kappa shape index (κ2) is 5.14. The van der Waals surface area contributed by atoms with Crippen LogP contribution in [-0.4, -0.2) is 23.5 Å². The monoisotopic (exact) mass is 252 g/mol. The largest absolute Gasteiger partial charge is 0.457 e. The summed E-state index contributed by atoms with van der Waals surface area (Å²) in [6, 6.07) is 0. The average molecular weight is 252 g/mol. The molecule has 0 saturated heterocycles. The molecule has 0 spiro atoms. The molecule has 4 heteroatoms. The summed E-state index contributed by atoms with van der Waals surface area (Å²) in [5.74, 6) is -1.18. The van der Waals surface area contributed by atoms with Crippen molar-refractivity contribution in [1.82, 2.24) is 0 Å². The summed E-state index contributed by atoms with van der Waals surface area (Å²) in [4.78, 5) is 11.8. The van der Waals surface area contributed by atoms with Gasteiger partial charge in [-0.1, -0.05) is 26.0 Å². The van der Waals surface area contributed by atoms with Gasteiger partial charge in [0.25, 0.3) is 5.79 Å². The normalized spacial score (nSPS) is 33.3. The second-order valence-electron chi connectivity index (χ2n) is 5.34. The Labute approximate surface area is 107 Å². The fourth-order valence-electron chi connectivity index (χ4n) is 2.51. The maximum atomic E-state index is 11.8. The summed E-state index contributed by atoms with van der Waals surface area (Å²) < 4.78 is 10.9. The lowest BCUT2D eigenvalue weighted by molar-refractivity contribution is -0.251. The van der Waals surface area contributed by atoms with Gasteiger partial charge in [-0.2, -0.15) is 0 Å². The molecule has 1 aliphatic heterocycles. The molecule has 0 aromatic rings. The minimum atomic E-state index is -1.24. The Morgan fingerprint density at radius 3 is 3.00 bits per heavy atom. The van der Waals surface area contributed by atoms with Crippen LogP contribution >= 0.6 is 0 Å². The molecule has 0 saturated carbocycles. The Bertz CT molecular complexity index is 372. The molecule has 0 amide bonds. The Morgan fingerprint density at radius 1 is 1.56 bits per heavy atom. The van der Waals surface area contributed by atoms with Gasteiger partial charge in [-0.25, -0.2) is 0 Å². The maximum absolute atomic E-state index is 11.8. The first-order valence-electron chi connectivity index (χ1n) is 6.41. The highest BCUT2D eigenvalue weighted by Crippen LogP contribution is 2.41. The number of rotatable bonds is 4. The van der Waals surface area contributed by atoms with Gasteiger partial charge in [0.2, 0.25) is 0 Å². The van der Waals surface area contributed by atoms with E-state index in [1.165, 1.54) is 6.26 Å². The minimum Gasteiger partial charge on any atom is -0.457 e. The molecule has 0 aromatic heterocycles. The molecule has 1 N–H and O–H groups in total. The average Bonchev–Trinajstić information content (AvgIpc) is 2.77. The van der Waals surface area contributed by atoms with Crippen molar-refractivity contribution < 1.29 is 19.4 Å². The van der Waals surface area contributed by atoms with E-state index in [4.69, 9.17) is 9.47 Å². The van der Waals surface area contributed by atoms with Gasteiger partial charge in [0.1, 0.15) is 6.61 Å². The van der Waals surface area contributed by atoms with Crippen molar-refractivity contribution in [3.63, 3.8) is 0 Å². The van der Waals surface area contributed by atoms with Crippen molar-refractivity contribution in [2.75, 3.05) is 6.61 Å². The summed E-state index contributed by atoms with van der Waals surface area (Å²) in [5.41, 5.74) is 0. The van der Waals surface area contributed by atoms with Crippen LogP contribution in [0.25, 0.3) is 0 Å². The van der Waals surface area contributed by atoms with E-state index in [0.717, 1.165) is 6.42 Å². The third-order valence-corrected chi connectivity index (χ3v) is 3.40. The van der Waals surface area contributed by atoms with Crippen LogP contribution in [0, 0.1) is 17.8 Å². The SMILES string of the molecule is CC(C)CC(=O)OC1(CO)OC=CC2CC=CC21. The van der Waals surface area contributed by atoms with Crippen LogP contribution in [0.2, 0.25) is 0 Å². The highest BCUT2D eigenvalue weighted by molar-refractivity contribution is 5.70. The van der Waals surface area contributed by atoms with Gasteiger partial charge in [0, 0.05) is 6.42 Å². The van der Waals surface area contributed by atoms with Gasteiger partial charge in [-0.3, -0.25) is 4.79 Å². The van der Waals surface area contributed by atoms with E-state index in [1.807, 2.05) is 32.1 Å². The Morgan fingerprint density at radius 2 is 2.33 bits per heavy atom. The predicted molar refractivity (Wildman–Crippen MR) is 66.3 cm³/mol. The van der Waals surface area contributed by atoms with E-state index in [0.29, 0.717) is 6.42 Å². The lowest BCUT2D eigenvalue weighted by atomic mass is 9.86. The number of aliphatic hydroxyl groups is 1. The Kier molecular flexibility index (Phi) is 3.76. The molecule has 2 aliphatic rings. The lowest BCUT2D eigenvalue weighted by Crippen LogP contribution is -2.50. The highest BCUT2D eigenvalue weighted by atomic mass is 16.7. The number of carbonyl (C=O) groups is 1. The molecular formula is C14H20O4. The first-order valence-corrected chi connectivity index (χ1v) is 6.41. The third-order valence-electron chi connectivity index (χ3n) is 3.40. The lowest BCUT2D eigenvalue weighted by Gasteiger charge is -2.40. The first-order chi connectivity index (χ1) is 8.57. The number of carbonyl (C=O) groups excluding carboxylic acids is 1. The van der Waals surface area contributed by atoms with Crippen LogP contribution < -0.4 is 0 Å². The first kappa shape index (κ1) is 13.1. The van der Waals surface area contributed by atoms with E-state index in [2.05, 4.69) is 0 Å². The quantitative estimate of drug-likeness (QED) is 0.614. The molecule has 2 rings (SSSR count). The third kappa shape index (κ3) is 2.43. The van der Waals surface area contributed by atoms with Gasteiger partial charge >= 0.3 is 5.97 Å². The number of ether oxygens (including phenoxy) is 2. The van der Waals surface area contributed by atoms with E-state index in [9.17, 15) is 9.90 Å². The molecule has 4 nitrogen and oxygen atoms in total. The highest BCUT2D eigenvalue weighted by Gasteiger charge is 2.49. The van der Waals surface area contributed by atoms with Gasteiger partial charge in [0.15, 0.2) is 0 Å². The molecule has 1 heterocycles. The summed E-state index contributed by atoms with van der Waals surface area (Å²) in [6.45, 7) is 3.58. The van der Waals surface area contributed by atoms with Crippen LogP contribution in [0.15, 0.2) is 24.5 Å². The second-order valence-corrected chi connectivity index (χ2v) is 5.34. The number of esters is 1. The van der Waals surface area contributed by atoms with Gasteiger partial charge in [-0.15, -0.1) is 0 Å². The Balaban J connectivity index is 2.12. The fourth-order valence-corrected chi connectivity index (χ4v) is 2.51. The smallest absolute Gasteiger partial charge is 0.309 e. The number of aliphatic hydroxyl groups excluding tert-OH is 1. The van der Waals surface area contributed by atoms with Crippen molar-refractivity contribution >= 4 is 5.97 Å². The van der Waals surface area contributed by atoms with Gasteiger partial charge < -0.3 is 14.6 Å². The molecule has 0 aromatic carbocycles. The summed E-state index contributed by atoms with van der Waals surface area (Å²) in [7, 11) is 0. The summed E-state index contributed by atoms with van der Waals surface area (Å²) in [5, 5.41) is 9.60. The zero-order chi connectivity index (χ0) is 13.2. The van der Waals surface area contributed by atoms with Gasteiger partial charge in [0.05, 0.1) is 12.2 Å². The fraction of sp³-hybridized carbons (Fsp3) is 0.643. The zero-order valence-electron chi connectivity index (χ0n) is 10.8. The molecule has 100 valence electrons. The van der Waals surface area contributed by atoms with Crippen molar-refractivity contribution in [3.8, 4) is 0 Å². The standard InChI is InChI=1S/C14H20O4/c1-10(2)8-13(16)18-14(9-15)12-5-3-4-11(12)6-7-17-14/h3,5-7,10-12,15H,4,8-9H2,1-2H3. The molecular weight excluding hydrogens is 232 g/mol. The number of fused-ring (bicyclic) bond motifs is 1. The van der Waals surface area contributed by atoms with Crippen LogP contribution in [0.1, 0.15) is 26.7 Å². The molecule has 0 fully saturated rings. The molecule has 0 radical (unpaired) electrons. The van der Waals surface area contributed by atoms with Crippen LogP contribution in [-0.2, 0) is 14.3 Å². The van der Waals surface area contributed by atoms with E-state index in [1.54, 1.807) is 0 Å². The molecule has 3 unspecified atom stereocenters. The van der Waals surface area contributed by atoms with Crippen LogP contribution in [0.4, 0.5) is 0 Å². The molecule has 0 bridgehead atoms. The molecule has 18 heavy (non-hydrogen) atoms. The molecule has 1 aliphatic carbocycles. The number of hydrogen-bond acceptors (Lipinski definition) is 4. The molecule has 3 atom stereocenters. The summed E-state index contributed by atoms with van der Waals surface area (Å²) >= 11 is 0. The van der Waals surface area contributed by atoms with Crippen molar-refractivity contribution in [2.24, 2.45) is 17.8 Å². The predicted octanol–water partition coefficient (Wildman–Crippen LogP) is 2.00.